The van der Waals surface area contributed by atoms with Gasteiger partial charge in [0.05, 0.1) is 10.6 Å². The molecule has 7 nitrogen and oxygen atoms in total. The molecule has 0 aliphatic rings. The largest absolute Gasteiger partial charge is 0.355 e. The van der Waals surface area contributed by atoms with Gasteiger partial charge in [0.15, 0.2) is 0 Å². The van der Waals surface area contributed by atoms with E-state index in [4.69, 9.17) is 0 Å². The van der Waals surface area contributed by atoms with E-state index in [1.165, 1.54) is 4.90 Å². The minimum atomic E-state index is -4.14. The van der Waals surface area contributed by atoms with E-state index in [0.717, 1.165) is 37.7 Å². The van der Waals surface area contributed by atoms with Gasteiger partial charge in [0.25, 0.3) is 10.0 Å². The summed E-state index contributed by atoms with van der Waals surface area (Å²) in [7, 11) is -4.14. The number of aryl methyl sites for hydroxylation is 4. The molecule has 230 valence electrons. The zero-order chi connectivity index (χ0) is 31.9. The second kappa shape index (κ2) is 14.4. The molecular formula is C36H41N3O4S. The van der Waals surface area contributed by atoms with Crippen molar-refractivity contribution in [2.75, 3.05) is 17.4 Å². The van der Waals surface area contributed by atoms with E-state index in [9.17, 15) is 18.0 Å². The van der Waals surface area contributed by atoms with Crippen molar-refractivity contribution in [3.05, 3.63) is 130 Å². The zero-order valence-corrected chi connectivity index (χ0v) is 26.9. The molecule has 4 aromatic carbocycles. The summed E-state index contributed by atoms with van der Waals surface area (Å²) >= 11 is 0. The third kappa shape index (κ3) is 7.94. The number of hydrogen-bond acceptors (Lipinski definition) is 4. The molecule has 0 saturated carbocycles. The van der Waals surface area contributed by atoms with E-state index in [1.807, 2.05) is 95.3 Å². The van der Waals surface area contributed by atoms with Crippen molar-refractivity contribution in [1.29, 1.82) is 0 Å². The Morgan fingerprint density at radius 3 is 1.95 bits per heavy atom. The number of sulfonamides is 1. The van der Waals surface area contributed by atoms with E-state index in [1.54, 1.807) is 36.4 Å². The quantitative estimate of drug-likeness (QED) is 0.216. The molecule has 0 radical (unpaired) electrons. The summed E-state index contributed by atoms with van der Waals surface area (Å²) in [5.41, 5.74) is 6.02. The molecule has 2 amide bonds. The Bertz CT molecular complexity index is 1690. The number of rotatable bonds is 12. The molecule has 0 spiro atoms. The molecule has 0 bridgehead atoms. The highest BCUT2D eigenvalue weighted by molar-refractivity contribution is 7.92. The molecule has 0 aromatic heterocycles. The summed E-state index contributed by atoms with van der Waals surface area (Å²) in [5, 5.41) is 2.89. The maximum absolute atomic E-state index is 14.5. The van der Waals surface area contributed by atoms with Gasteiger partial charge in [-0.15, -0.1) is 0 Å². The Hall–Kier alpha value is -4.43. The lowest BCUT2D eigenvalue weighted by molar-refractivity contribution is -0.140. The maximum Gasteiger partial charge on any atom is 0.264 e. The fraction of sp³-hybridized carbons (Fsp3) is 0.278. The van der Waals surface area contributed by atoms with Crippen LogP contribution in [0, 0.1) is 27.7 Å². The number of hydrogen-bond donors (Lipinski definition) is 1. The molecule has 0 saturated heterocycles. The summed E-state index contributed by atoms with van der Waals surface area (Å²) in [6.07, 6.45) is 0.276. The molecule has 4 rings (SSSR count). The van der Waals surface area contributed by atoms with Crippen molar-refractivity contribution in [3.8, 4) is 0 Å². The third-order valence-corrected chi connectivity index (χ3v) is 9.55. The average Bonchev–Trinajstić information content (AvgIpc) is 3.00. The number of nitrogens with one attached hydrogen (secondary N) is 1. The number of amides is 2. The smallest absolute Gasteiger partial charge is 0.264 e. The van der Waals surface area contributed by atoms with Gasteiger partial charge in [-0.3, -0.25) is 13.9 Å². The van der Waals surface area contributed by atoms with Crippen LogP contribution in [0.25, 0.3) is 0 Å². The molecule has 0 heterocycles. The van der Waals surface area contributed by atoms with Crippen molar-refractivity contribution in [3.63, 3.8) is 0 Å². The van der Waals surface area contributed by atoms with Crippen LogP contribution in [-0.2, 0) is 32.6 Å². The highest BCUT2D eigenvalue weighted by Gasteiger charge is 2.34. The van der Waals surface area contributed by atoms with Crippen molar-refractivity contribution >= 4 is 27.5 Å². The first-order valence-corrected chi connectivity index (χ1v) is 16.3. The van der Waals surface area contributed by atoms with Crippen LogP contribution in [0.2, 0.25) is 0 Å². The maximum atomic E-state index is 14.5. The lowest BCUT2D eigenvalue weighted by Gasteiger charge is -2.34. The first-order valence-electron chi connectivity index (χ1n) is 14.8. The molecule has 4 aromatic rings. The normalized spacial score (nSPS) is 11.9. The van der Waals surface area contributed by atoms with E-state index in [2.05, 4.69) is 5.32 Å². The summed E-state index contributed by atoms with van der Waals surface area (Å²) in [4.78, 5) is 29.7. The first-order chi connectivity index (χ1) is 21.0. The molecule has 0 fully saturated rings. The minimum Gasteiger partial charge on any atom is -0.355 e. The van der Waals surface area contributed by atoms with Gasteiger partial charge in [0.1, 0.15) is 12.6 Å². The number of likely N-dealkylation sites (N-methyl/N-ethyl adjacent to an activating group) is 1. The van der Waals surface area contributed by atoms with Crippen molar-refractivity contribution in [2.24, 2.45) is 0 Å². The Balaban J connectivity index is 1.81. The summed E-state index contributed by atoms with van der Waals surface area (Å²) in [6.45, 7) is 9.62. The van der Waals surface area contributed by atoms with Crippen LogP contribution in [0.4, 0.5) is 5.69 Å². The Kier molecular flexibility index (Phi) is 10.6. The van der Waals surface area contributed by atoms with Gasteiger partial charge in [0, 0.05) is 19.5 Å². The zero-order valence-electron chi connectivity index (χ0n) is 26.1. The van der Waals surface area contributed by atoms with Crippen molar-refractivity contribution in [2.45, 2.75) is 58.5 Å². The average molecular weight is 612 g/mol. The summed E-state index contributed by atoms with van der Waals surface area (Å²) in [5.74, 6) is -0.775. The van der Waals surface area contributed by atoms with Crippen LogP contribution < -0.4 is 9.62 Å². The van der Waals surface area contributed by atoms with E-state index in [-0.39, 0.29) is 23.8 Å². The Morgan fingerprint density at radius 2 is 1.36 bits per heavy atom. The first kappa shape index (κ1) is 32.5. The van der Waals surface area contributed by atoms with Gasteiger partial charge in [-0.2, -0.15) is 0 Å². The SMILES string of the molecule is CCNC(=O)[C@H](Cc1ccccc1)N(Cc1ccc(C)cc1)C(=O)CN(c1ccc(C)c(C)c1)S(=O)(=O)c1ccc(C)cc1. The summed E-state index contributed by atoms with van der Waals surface area (Å²) in [6, 6.07) is 28.4. The fourth-order valence-electron chi connectivity index (χ4n) is 4.98. The number of nitrogens with zero attached hydrogens (tertiary/aromatic N) is 2. The van der Waals surface area contributed by atoms with Gasteiger partial charge < -0.3 is 10.2 Å². The van der Waals surface area contributed by atoms with E-state index >= 15 is 0 Å². The van der Waals surface area contributed by atoms with E-state index < -0.39 is 28.5 Å². The standard InChI is InChI=1S/C36H41N3O4S/c1-6-37-36(41)34(23-30-10-8-7-9-11-30)38(24-31-17-12-26(2)13-18-31)35(40)25-39(32-19-16-28(4)29(5)22-32)44(42,43)33-20-14-27(3)15-21-33/h7-22,34H,6,23-25H2,1-5H3,(H,37,41)/t34-/m0/s1. The lowest BCUT2D eigenvalue weighted by atomic mass is 10.0. The highest BCUT2D eigenvalue weighted by atomic mass is 32.2. The van der Waals surface area contributed by atoms with Gasteiger partial charge in [-0.05, 0) is 81.1 Å². The van der Waals surface area contributed by atoms with Crippen LogP contribution in [0.15, 0.2) is 102 Å². The van der Waals surface area contributed by atoms with E-state index in [0.29, 0.717) is 12.2 Å². The molecule has 1 N–H and O–H groups in total. The molecular weight excluding hydrogens is 570 g/mol. The van der Waals surface area contributed by atoms with Crippen molar-refractivity contribution in [1.82, 2.24) is 10.2 Å². The van der Waals surface area contributed by atoms with Crippen LogP contribution in [-0.4, -0.2) is 44.3 Å². The van der Waals surface area contributed by atoms with Gasteiger partial charge in [-0.25, -0.2) is 8.42 Å². The molecule has 1 atom stereocenters. The monoisotopic (exact) mass is 611 g/mol. The third-order valence-electron chi connectivity index (χ3n) is 7.76. The topological polar surface area (TPSA) is 86.8 Å². The second-order valence-electron chi connectivity index (χ2n) is 11.2. The van der Waals surface area contributed by atoms with Gasteiger partial charge >= 0.3 is 0 Å². The van der Waals surface area contributed by atoms with Crippen LogP contribution in [0.1, 0.15) is 40.3 Å². The molecule has 0 aliphatic heterocycles. The fourth-order valence-corrected chi connectivity index (χ4v) is 6.39. The predicted molar refractivity (Wildman–Crippen MR) is 176 cm³/mol. The number of carbonyl (C=O) groups excluding carboxylic acids is 2. The molecule has 0 unspecified atom stereocenters. The van der Waals surface area contributed by atoms with Crippen LogP contribution >= 0.6 is 0 Å². The number of anilines is 1. The van der Waals surface area contributed by atoms with Crippen LogP contribution in [0.3, 0.4) is 0 Å². The number of benzene rings is 4. The Morgan fingerprint density at radius 1 is 0.750 bits per heavy atom. The second-order valence-corrected chi connectivity index (χ2v) is 13.1. The molecule has 44 heavy (non-hydrogen) atoms. The van der Waals surface area contributed by atoms with Crippen LogP contribution in [0.5, 0.6) is 0 Å². The number of carbonyl (C=O) groups is 2. The highest BCUT2D eigenvalue weighted by Crippen LogP contribution is 2.27. The minimum absolute atomic E-state index is 0.0868. The Labute approximate surface area is 261 Å². The lowest BCUT2D eigenvalue weighted by Crippen LogP contribution is -2.53. The summed E-state index contributed by atoms with van der Waals surface area (Å²) < 4.78 is 29.5. The molecule has 8 heteroatoms. The van der Waals surface area contributed by atoms with Gasteiger partial charge in [0.2, 0.25) is 11.8 Å². The predicted octanol–water partition coefficient (Wildman–Crippen LogP) is 5.89. The molecule has 0 aliphatic carbocycles. The van der Waals surface area contributed by atoms with Gasteiger partial charge in [-0.1, -0.05) is 83.9 Å². The van der Waals surface area contributed by atoms with Crippen molar-refractivity contribution < 1.29 is 18.0 Å².